The molecule has 0 atom stereocenters. The Labute approximate surface area is 129 Å². The minimum absolute atomic E-state index is 0. The fourth-order valence-corrected chi connectivity index (χ4v) is 1.79. The van der Waals surface area contributed by atoms with Gasteiger partial charge in [-0.2, -0.15) is 0 Å². The van der Waals surface area contributed by atoms with Gasteiger partial charge in [0.05, 0.1) is 5.56 Å². The average Bonchev–Trinajstić information content (AvgIpc) is 2.93. The van der Waals surface area contributed by atoms with Gasteiger partial charge in [0.1, 0.15) is 11.6 Å². The maximum Gasteiger partial charge on any atom is 0.287 e. The van der Waals surface area contributed by atoms with Crippen LogP contribution in [0.2, 0.25) is 0 Å². The molecule has 0 aliphatic heterocycles. The Hall–Kier alpha value is -1.85. The smallest absolute Gasteiger partial charge is 0.287 e. The van der Waals surface area contributed by atoms with Crippen molar-refractivity contribution in [2.24, 2.45) is 0 Å². The summed E-state index contributed by atoms with van der Waals surface area (Å²) in [6, 6.07) is 9.43. The predicted octanol–water partition coefficient (Wildman–Crippen LogP) is 2.85. The van der Waals surface area contributed by atoms with E-state index in [0.717, 1.165) is 6.54 Å². The minimum Gasteiger partial charge on any atom is -0.451 e. The zero-order chi connectivity index (χ0) is 14.4. The molecule has 0 aliphatic carbocycles. The van der Waals surface area contributed by atoms with Gasteiger partial charge in [-0.25, -0.2) is 4.39 Å². The summed E-state index contributed by atoms with van der Waals surface area (Å²) in [7, 11) is 0. The maximum absolute atomic E-state index is 13.6. The lowest BCUT2D eigenvalue weighted by Gasteiger charge is -2.03. The van der Waals surface area contributed by atoms with Crippen LogP contribution in [0.5, 0.6) is 0 Å². The van der Waals surface area contributed by atoms with Crippen LogP contribution in [0.15, 0.2) is 40.8 Å². The number of hydrogen-bond donors (Lipinski definition) is 2. The molecule has 21 heavy (non-hydrogen) atoms. The van der Waals surface area contributed by atoms with Crippen LogP contribution in [0.3, 0.4) is 0 Å². The number of nitrogens with one attached hydrogen (secondary N) is 2. The first-order chi connectivity index (χ1) is 9.72. The monoisotopic (exact) mass is 312 g/mol. The predicted molar refractivity (Wildman–Crippen MR) is 82.2 cm³/mol. The van der Waals surface area contributed by atoms with E-state index in [0.29, 0.717) is 24.4 Å². The number of hydrogen-bond acceptors (Lipinski definition) is 3. The van der Waals surface area contributed by atoms with Crippen LogP contribution in [-0.2, 0) is 0 Å². The first-order valence-corrected chi connectivity index (χ1v) is 6.56. The average molecular weight is 313 g/mol. The van der Waals surface area contributed by atoms with Gasteiger partial charge in [-0.05, 0) is 30.8 Å². The highest BCUT2D eigenvalue weighted by Crippen LogP contribution is 2.24. The van der Waals surface area contributed by atoms with Gasteiger partial charge in [0.25, 0.3) is 5.91 Å². The molecule has 0 aliphatic rings. The number of rotatable bonds is 6. The van der Waals surface area contributed by atoms with Gasteiger partial charge < -0.3 is 15.1 Å². The third-order valence-corrected chi connectivity index (χ3v) is 2.81. The second kappa shape index (κ2) is 8.44. The molecule has 1 aromatic carbocycles. The number of carbonyl (C=O) groups excluding carboxylic acids is 1. The van der Waals surface area contributed by atoms with E-state index >= 15 is 0 Å². The second-order valence-corrected chi connectivity index (χ2v) is 4.25. The Balaban J connectivity index is 0.00000220. The molecule has 0 saturated heterocycles. The Kier molecular flexibility index (Phi) is 6.91. The summed E-state index contributed by atoms with van der Waals surface area (Å²) >= 11 is 0. The zero-order valence-electron chi connectivity index (χ0n) is 11.7. The van der Waals surface area contributed by atoms with E-state index in [4.69, 9.17) is 4.42 Å². The summed E-state index contributed by atoms with van der Waals surface area (Å²) < 4.78 is 19.0. The third-order valence-electron chi connectivity index (χ3n) is 2.81. The molecule has 6 heteroatoms. The largest absolute Gasteiger partial charge is 0.451 e. The van der Waals surface area contributed by atoms with Gasteiger partial charge >= 0.3 is 0 Å². The van der Waals surface area contributed by atoms with Crippen LogP contribution in [0.1, 0.15) is 17.5 Å². The van der Waals surface area contributed by atoms with Crippen molar-refractivity contribution >= 4 is 18.3 Å². The van der Waals surface area contributed by atoms with Gasteiger partial charge in [-0.3, -0.25) is 4.79 Å². The molecule has 2 N–H and O–H groups in total. The summed E-state index contributed by atoms with van der Waals surface area (Å²) in [6.45, 7) is 4.06. The highest BCUT2D eigenvalue weighted by molar-refractivity contribution is 5.92. The number of likely N-dealkylation sites (N-methyl/N-ethyl adjacent to an activating group) is 1. The first-order valence-electron chi connectivity index (χ1n) is 6.56. The van der Waals surface area contributed by atoms with E-state index in [-0.39, 0.29) is 29.9 Å². The van der Waals surface area contributed by atoms with Gasteiger partial charge in [0.15, 0.2) is 5.76 Å². The normalized spacial score (nSPS) is 10.0. The van der Waals surface area contributed by atoms with Gasteiger partial charge in [-0.15, -0.1) is 12.4 Å². The molecule has 2 rings (SSSR count). The van der Waals surface area contributed by atoms with E-state index in [2.05, 4.69) is 10.6 Å². The van der Waals surface area contributed by atoms with Crippen molar-refractivity contribution in [2.45, 2.75) is 6.92 Å². The molecule has 0 unspecified atom stereocenters. The molecule has 1 aromatic heterocycles. The number of carbonyl (C=O) groups is 1. The topological polar surface area (TPSA) is 54.3 Å². The van der Waals surface area contributed by atoms with Crippen molar-refractivity contribution in [3.63, 3.8) is 0 Å². The van der Waals surface area contributed by atoms with Crippen LogP contribution in [-0.4, -0.2) is 25.5 Å². The second-order valence-electron chi connectivity index (χ2n) is 4.25. The molecule has 1 amide bonds. The van der Waals surface area contributed by atoms with Crippen LogP contribution >= 0.6 is 12.4 Å². The van der Waals surface area contributed by atoms with Crippen molar-refractivity contribution in [3.05, 3.63) is 48.0 Å². The summed E-state index contributed by atoms with van der Waals surface area (Å²) in [5.41, 5.74) is 0.346. The fourth-order valence-electron chi connectivity index (χ4n) is 1.79. The highest BCUT2D eigenvalue weighted by Gasteiger charge is 2.13. The molecule has 0 spiro atoms. The minimum atomic E-state index is -0.374. The number of benzene rings is 1. The molecule has 114 valence electrons. The standard InChI is InChI=1S/C15H17FN2O2.ClH/c1-2-17-9-10-18-15(19)14-8-7-13(20-14)11-5-3-4-6-12(11)16;/h3-8,17H,2,9-10H2,1H3,(H,18,19);1H. The lowest BCUT2D eigenvalue weighted by atomic mass is 10.1. The van der Waals surface area contributed by atoms with Crippen molar-refractivity contribution in [3.8, 4) is 11.3 Å². The number of furan rings is 1. The molecule has 2 aromatic rings. The van der Waals surface area contributed by atoms with Crippen molar-refractivity contribution in [2.75, 3.05) is 19.6 Å². The highest BCUT2D eigenvalue weighted by atomic mass is 35.5. The van der Waals surface area contributed by atoms with E-state index in [1.165, 1.54) is 6.07 Å². The molecule has 0 saturated carbocycles. The lowest BCUT2D eigenvalue weighted by molar-refractivity contribution is 0.0927. The maximum atomic E-state index is 13.6. The molecule has 0 fully saturated rings. The summed E-state index contributed by atoms with van der Waals surface area (Å²) in [5, 5.41) is 5.82. The molecule has 0 radical (unpaired) electrons. The van der Waals surface area contributed by atoms with Crippen LogP contribution in [0.4, 0.5) is 4.39 Å². The van der Waals surface area contributed by atoms with E-state index in [1.807, 2.05) is 6.92 Å². The van der Waals surface area contributed by atoms with Crippen molar-refractivity contribution in [1.82, 2.24) is 10.6 Å². The summed E-state index contributed by atoms with van der Waals surface area (Å²) in [6.07, 6.45) is 0. The number of amides is 1. The SMILES string of the molecule is CCNCCNC(=O)c1ccc(-c2ccccc2F)o1.Cl. The van der Waals surface area contributed by atoms with E-state index < -0.39 is 0 Å². The van der Waals surface area contributed by atoms with Gasteiger partial charge in [0, 0.05) is 13.1 Å². The quantitative estimate of drug-likeness (QED) is 0.806. The van der Waals surface area contributed by atoms with Crippen LogP contribution in [0, 0.1) is 5.82 Å². The molecular formula is C15H18ClFN2O2. The van der Waals surface area contributed by atoms with Gasteiger partial charge in [-0.1, -0.05) is 19.1 Å². The number of halogens is 2. The van der Waals surface area contributed by atoms with E-state index in [1.54, 1.807) is 30.3 Å². The zero-order valence-corrected chi connectivity index (χ0v) is 12.5. The van der Waals surface area contributed by atoms with Crippen LogP contribution < -0.4 is 10.6 Å². The Morgan fingerprint density at radius 3 is 2.67 bits per heavy atom. The Morgan fingerprint density at radius 1 is 1.19 bits per heavy atom. The Bertz CT molecular complexity index is 587. The van der Waals surface area contributed by atoms with Gasteiger partial charge in [0.2, 0.25) is 0 Å². The van der Waals surface area contributed by atoms with Crippen molar-refractivity contribution < 1.29 is 13.6 Å². The molecular weight excluding hydrogens is 295 g/mol. The summed E-state index contributed by atoms with van der Waals surface area (Å²) in [4.78, 5) is 11.8. The first kappa shape index (κ1) is 17.2. The third kappa shape index (κ3) is 4.58. The molecule has 4 nitrogen and oxygen atoms in total. The Morgan fingerprint density at radius 2 is 1.95 bits per heavy atom. The van der Waals surface area contributed by atoms with Crippen molar-refractivity contribution in [1.29, 1.82) is 0 Å². The fraction of sp³-hybridized carbons (Fsp3) is 0.267. The molecule has 0 bridgehead atoms. The summed E-state index contributed by atoms with van der Waals surface area (Å²) in [5.74, 6) is -0.147. The molecule has 1 heterocycles. The van der Waals surface area contributed by atoms with Crippen LogP contribution in [0.25, 0.3) is 11.3 Å². The van der Waals surface area contributed by atoms with E-state index in [9.17, 15) is 9.18 Å². The lowest BCUT2D eigenvalue weighted by Crippen LogP contribution is -2.31.